The number of alkyl halides is 3. The first-order chi connectivity index (χ1) is 16.1. The number of amides is 2. The Balaban J connectivity index is 1.55. The number of hydrogen-bond acceptors (Lipinski definition) is 6. The van der Waals surface area contributed by atoms with E-state index in [0.717, 1.165) is 20.0 Å². The maximum absolute atomic E-state index is 12.4. The van der Waals surface area contributed by atoms with Crippen LogP contribution in [0.25, 0.3) is 0 Å². The van der Waals surface area contributed by atoms with Gasteiger partial charge in [-0.3, -0.25) is 21.0 Å². The van der Waals surface area contributed by atoms with Crippen molar-refractivity contribution in [2.45, 2.75) is 13.6 Å². The number of carbonyl (C=O) groups is 2. The van der Waals surface area contributed by atoms with Crippen molar-refractivity contribution in [3.05, 3.63) is 76.8 Å². The maximum Gasteiger partial charge on any atom is 0.411 e. The summed E-state index contributed by atoms with van der Waals surface area (Å²) in [6, 6.07) is 19.4. The molecule has 7 nitrogen and oxygen atoms in total. The van der Waals surface area contributed by atoms with Crippen LogP contribution in [0.2, 0.25) is 0 Å². The number of nitrogen functional groups attached to an aromatic ring is 1. The van der Waals surface area contributed by atoms with Crippen LogP contribution in [-0.4, -0.2) is 22.4 Å². The molecule has 0 saturated carbocycles. The zero-order chi connectivity index (χ0) is 24.7. The Hall–Kier alpha value is -2.30. The molecule has 178 valence electrons. The van der Waals surface area contributed by atoms with Gasteiger partial charge in [-0.25, -0.2) is 4.79 Å². The molecule has 0 aromatic heterocycles. The Labute approximate surface area is 223 Å². The summed E-state index contributed by atoms with van der Waals surface area (Å²) in [5.41, 5.74) is 13.8. The maximum atomic E-state index is 12.4. The third-order valence-electron chi connectivity index (χ3n) is 4.13. The molecule has 5 N–H and O–H groups in total. The van der Waals surface area contributed by atoms with Crippen LogP contribution in [0.1, 0.15) is 10.4 Å². The van der Waals surface area contributed by atoms with Gasteiger partial charge in [-0.1, -0.05) is 62.5 Å². The normalized spacial score (nSPS) is 10.9. The minimum absolute atomic E-state index is 0.316. The lowest BCUT2D eigenvalue weighted by Crippen LogP contribution is -2.29. The molecule has 0 fully saturated rings. The molecule has 0 unspecified atom stereocenters. The van der Waals surface area contributed by atoms with Gasteiger partial charge in [0.05, 0.1) is 5.69 Å². The highest BCUT2D eigenvalue weighted by Crippen LogP contribution is 2.33. The standard InChI is InChI=1S/C22H18BrCl3N4O3S/c23-14-2-4-16(5-3-14)29-30-20(31)13-1-10-19(18(27)11-13)34-17-8-6-15(7-9-17)28-21(32)33-12-22(24,25)26/h1-11,29H,12,27H2,(H,28,32)(H,30,31). The molecule has 0 aliphatic carbocycles. The quantitative estimate of drug-likeness (QED) is 0.133. The van der Waals surface area contributed by atoms with Crippen molar-refractivity contribution in [2.75, 3.05) is 23.1 Å². The van der Waals surface area contributed by atoms with Crippen LogP contribution in [0.5, 0.6) is 0 Å². The highest BCUT2D eigenvalue weighted by Gasteiger charge is 2.22. The minimum atomic E-state index is -1.68. The van der Waals surface area contributed by atoms with E-state index in [0.29, 0.717) is 16.9 Å². The molecule has 0 bridgehead atoms. The van der Waals surface area contributed by atoms with Crippen LogP contribution in [-0.2, 0) is 4.74 Å². The molecule has 3 aromatic rings. The lowest BCUT2D eigenvalue weighted by Gasteiger charge is -2.12. The lowest BCUT2D eigenvalue weighted by atomic mass is 10.2. The molecule has 0 aliphatic heterocycles. The molecule has 0 spiro atoms. The number of nitrogens with two attached hydrogens (primary N) is 1. The molecule has 0 aliphatic rings. The van der Waals surface area contributed by atoms with E-state index in [2.05, 4.69) is 32.1 Å². The molecule has 0 heterocycles. The molecule has 3 aromatic carbocycles. The van der Waals surface area contributed by atoms with Crippen molar-refractivity contribution >= 4 is 91.6 Å². The van der Waals surface area contributed by atoms with Gasteiger partial charge in [0.2, 0.25) is 3.79 Å². The largest absolute Gasteiger partial charge is 0.445 e. The smallest absolute Gasteiger partial charge is 0.411 e. The highest BCUT2D eigenvalue weighted by molar-refractivity contribution is 9.10. The second-order valence-electron chi connectivity index (χ2n) is 6.78. The number of carbonyl (C=O) groups excluding carboxylic acids is 2. The number of nitrogens with one attached hydrogen (secondary N) is 3. The van der Waals surface area contributed by atoms with Gasteiger partial charge >= 0.3 is 6.09 Å². The third kappa shape index (κ3) is 8.48. The Morgan fingerprint density at radius 2 is 1.62 bits per heavy atom. The Kier molecular flexibility index (Phi) is 9.21. The van der Waals surface area contributed by atoms with Gasteiger partial charge in [0.15, 0.2) is 0 Å². The topological polar surface area (TPSA) is 105 Å². The monoisotopic (exact) mass is 602 g/mol. The summed E-state index contributed by atoms with van der Waals surface area (Å²) in [5.74, 6) is -0.316. The van der Waals surface area contributed by atoms with Gasteiger partial charge in [-0.05, 0) is 66.7 Å². The fraction of sp³-hybridized carbons (Fsp3) is 0.0909. The number of rotatable bonds is 7. The van der Waals surface area contributed by atoms with Gasteiger partial charge in [0.25, 0.3) is 5.91 Å². The summed E-state index contributed by atoms with van der Waals surface area (Å²) < 4.78 is 4.09. The predicted octanol–water partition coefficient (Wildman–Crippen LogP) is 6.86. The van der Waals surface area contributed by atoms with E-state index in [1.807, 2.05) is 24.3 Å². The van der Waals surface area contributed by atoms with E-state index in [9.17, 15) is 9.59 Å². The average molecular weight is 605 g/mol. The minimum Gasteiger partial charge on any atom is -0.445 e. The molecule has 0 saturated heterocycles. The Bertz CT molecular complexity index is 1160. The molecule has 2 amide bonds. The van der Waals surface area contributed by atoms with Crippen molar-refractivity contribution in [3.63, 3.8) is 0 Å². The van der Waals surface area contributed by atoms with Crippen LogP contribution in [0.3, 0.4) is 0 Å². The summed E-state index contributed by atoms with van der Waals surface area (Å²) in [7, 11) is 0. The summed E-state index contributed by atoms with van der Waals surface area (Å²) >= 11 is 21.4. The first-order valence-corrected chi connectivity index (χ1v) is 12.3. The molecule has 34 heavy (non-hydrogen) atoms. The fourth-order valence-corrected chi connectivity index (χ4v) is 3.82. The molecule has 12 heteroatoms. The Morgan fingerprint density at radius 3 is 2.24 bits per heavy atom. The summed E-state index contributed by atoms with van der Waals surface area (Å²) in [4.78, 5) is 25.8. The van der Waals surface area contributed by atoms with E-state index in [1.165, 1.54) is 11.8 Å². The third-order valence-corrected chi connectivity index (χ3v) is 6.09. The first kappa shape index (κ1) is 26.3. The van der Waals surface area contributed by atoms with Crippen LogP contribution in [0.4, 0.5) is 21.9 Å². The number of hydrazine groups is 1. The first-order valence-electron chi connectivity index (χ1n) is 9.59. The van der Waals surface area contributed by atoms with E-state index >= 15 is 0 Å². The second kappa shape index (κ2) is 11.9. The SMILES string of the molecule is Nc1cc(C(=O)NNc2ccc(Br)cc2)ccc1Sc1ccc(NC(=O)OCC(Cl)(Cl)Cl)cc1. The van der Waals surface area contributed by atoms with E-state index < -0.39 is 9.89 Å². The van der Waals surface area contributed by atoms with Crippen molar-refractivity contribution in [2.24, 2.45) is 0 Å². The average Bonchev–Trinajstić information content (AvgIpc) is 2.79. The van der Waals surface area contributed by atoms with E-state index in [1.54, 1.807) is 42.5 Å². The van der Waals surface area contributed by atoms with Crippen molar-refractivity contribution in [1.82, 2.24) is 5.43 Å². The predicted molar refractivity (Wildman–Crippen MR) is 142 cm³/mol. The van der Waals surface area contributed by atoms with Gasteiger partial charge in [0.1, 0.15) is 6.61 Å². The fourth-order valence-electron chi connectivity index (χ4n) is 2.55. The zero-order valence-electron chi connectivity index (χ0n) is 17.3. The molecular formula is C22H18BrCl3N4O3S. The molecule has 0 atom stereocenters. The van der Waals surface area contributed by atoms with Crippen LogP contribution >= 0.6 is 62.5 Å². The van der Waals surface area contributed by atoms with Crippen LogP contribution < -0.4 is 21.9 Å². The van der Waals surface area contributed by atoms with Crippen LogP contribution in [0.15, 0.2) is 81.0 Å². The molecule has 0 radical (unpaired) electrons. The number of halogens is 4. The van der Waals surface area contributed by atoms with Gasteiger partial charge in [-0.15, -0.1) is 0 Å². The van der Waals surface area contributed by atoms with E-state index in [4.69, 9.17) is 45.3 Å². The van der Waals surface area contributed by atoms with Crippen molar-refractivity contribution in [1.29, 1.82) is 0 Å². The van der Waals surface area contributed by atoms with Crippen molar-refractivity contribution in [3.8, 4) is 0 Å². The van der Waals surface area contributed by atoms with Gasteiger partial charge in [0, 0.05) is 31.2 Å². The number of ether oxygens (including phenoxy) is 1. The summed E-state index contributed by atoms with van der Waals surface area (Å²) in [5, 5.41) is 2.54. The summed E-state index contributed by atoms with van der Waals surface area (Å²) in [6.45, 7) is -0.370. The Morgan fingerprint density at radius 1 is 0.971 bits per heavy atom. The van der Waals surface area contributed by atoms with Gasteiger partial charge < -0.3 is 10.5 Å². The second-order valence-corrected chi connectivity index (χ2v) is 11.3. The highest BCUT2D eigenvalue weighted by atomic mass is 79.9. The lowest BCUT2D eigenvalue weighted by molar-refractivity contribution is 0.0962. The number of benzene rings is 3. The van der Waals surface area contributed by atoms with Gasteiger partial charge in [-0.2, -0.15) is 0 Å². The number of hydrogen-bond donors (Lipinski definition) is 4. The molecule has 3 rings (SSSR count). The molecular weight excluding hydrogens is 587 g/mol. The summed E-state index contributed by atoms with van der Waals surface area (Å²) in [6.07, 6.45) is -0.737. The zero-order valence-corrected chi connectivity index (χ0v) is 22.0. The number of anilines is 3. The van der Waals surface area contributed by atoms with Crippen LogP contribution in [0, 0.1) is 0 Å². The van der Waals surface area contributed by atoms with Crippen molar-refractivity contribution < 1.29 is 14.3 Å². The van der Waals surface area contributed by atoms with E-state index in [-0.39, 0.29) is 12.5 Å².